The largest absolute Gasteiger partial charge is 0.370 e. The lowest BCUT2D eigenvalue weighted by Crippen LogP contribution is -2.29. The van der Waals surface area contributed by atoms with Crippen molar-refractivity contribution in [1.29, 1.82) is 10.5 Å². The van der Waals surface area contributed by atoms with Gasteiger partial charge in [0.25, 0.3) is 0 Å². The van der Waals surface area contributed by atoms with Crippen LogP contribution in [-0.2, 0) is 0 Å². The third kappa shape index (κ3) is 2.70. The second kappa shape index (κ2) is 5.89. The van der Waals surface area contributed by atoms with Crippen LogP contribution in [0.2, 0.25) is 0 Å². The molecular weight excluding hydrogens is 222 g/mol. The SMILES string of the molecule is N#C/C=C/c1ccc(N2CCCCC2)c(C#N)c1. The van der Waals surface area contributed by atoms with Crippen LogP contribution in [0.3, 0.4) is 0 Å². The van der Waals surface area contributed by atoms with E-state index in [1.54, 1.807) is 6.08 Å². The third-order valence-electron chi connectivity index (χ3n) is 3.19. The van der Waals surface area contributed by atoms with Crippen LogP contribution in [0, 0.1) is 22.7 Å². The van der Waals surface area contributed by atoms with Crippen molar-refractivity contribution in [1.82, 2.24) is 0 Å². The van der Waals surface area contributed by atoms with Crippen molar-refractivity contribution in [3.8, 4) is 12.1 Å². The number of benzene rings is 1. The second-order valence-electron chi connectivity index (χ2n) is 4.40. The third-order valence-corrected chi connectivity index (χ3v) is 3.19. The van der Waals surface area contributed by atoms with Gasteiger partial charge in [0.05, 0.1) is 17.3 Å². The first-order chi connectivity index (χ1) is 8.85. The van der Waals surface area contributed by atoms with Gasteiger partial charge in [0.2, 0.25) is 0 Å². The number of hydrogen-bond acceptors (Lipinski definition) is 3. The van der Waals surface area contributed by atoms with Crippen LogP contribution in [-0.4, -0.2) is 13.1 Å². The van der Waals surface area contributed by atoms with Crippen LogP contribution in [0.15, 0.2) is 24.3 Å². The predicted octanol–water partition coefficient (Wildman–Crippen LogP) is 3.09. The van der Waals surface area contributed by atoms with Crippen LogP contribution in [0.4, 0.5) is 5.69 Å². The number of nitriles is 2. The van der Waals surface area contributed by atoms with Crippen molar-refractivity contribution in [3.05, 3.63) is 35.4 Å². The number of hydrogen-bond donors (Lipinski definition) is 0. The molecule has 2 rings (SSSR count). The minimum atomic E-state index is 0.692. The van der Waals surface area contributed by atoms with Gasteiger partial charge in [-0.2, -0.15) is 10.5 Å². The Morgan fingerprint density at radius 1 is 1.11 bits per heavy atom. The molecule has 1 saturated heterocycles. The normalized spacial score (nSPS) is 15.3. The molecule has 0 amide bonds. The molecule has 0 aromatic heterocycles. The number of allylic oxidation sites excluding steroid dienone is 1. The lowest BCUT2D eigenvalue weighted by molar-refractivity contribution is 0.577. The maximum atomic E-state index is 9.23. The summed E-state index contributed by atoms with van der Waals surface area (Å²) in [6.07, 6.45) is 6.82. The maximum absolute atomic E-state index is 9.23. The first-order valence-electron chi connectivity index (χ1n) is 6.20. The van der Waals surface area contributed by atoms with Crippen LogP contribution in [0.1, 0.15) is 30.4 Å². The molecule has 1 aromatic carbocycles. The van der Waals surface area contributed by atoms with Crippen molar-refractivity contribution in [2.45, 2.75) is 19.3 Å². The van der Waals surface area contributed by atoms with Crippen molar-refractivity contribution < 1.29 is 0 Å². The number of nitrogens with zero attached hydrogens (tertiary/aromatic N) is 3. The summed E-state index contributed by atoms with van der Waals surface area (Å²) in [5.74, 6) is 0. The molecule has 1 fully saturated rings. The van der Waals surface area contributed by atoms with Gasteiger partial charge in [-0.1, -0.05) is 6.07 Å². The topological polar surface area (TPSA) is 50.8 Å². The minimum Gasteiger partial charge on any atom is -0.370 e. The molecule has 0 saturated carbocycles. The molecule has 0 aliphatic carbocycles. The smallest absolute Gasteiger partial charge is 0.101 e. The molecule has 0 spiro atoms. The fourth-order valence-electron chi connectivity index (χ4n) is 2.29. The van der Waals surface area contributed by atoms with Gasteiger partial charge in [-0.15, -0.1) is 0 Å². The summed E-state index contributed by atoms with van der Waals surface area (Å²) < 4.78 is 0. The average Bonchev–Trinajstić information content (AvgIpc) is 2.45. The molecule has 1 aliphatic heterocycles. The van der Waals surface area contributed by atoms with E-state index < -0.39 is 0 Å². The zero-order valence-corrected chi connectivity index (χ0v) is 10.3. The molecule has 90 valence electrons. The molecule has 3 heteroatoms. The van der Waals surface area contributed by atoms with E-state index >= 15 is 0 Å². The zero-order chi connectivity index (χ0) is 12.8. The highest BCUT2D eigenvalue weighted by Gasteiger charge is 2.14. The van der Waals surface area contributed by atoms with Gasteiger partial charge in [0.15, 0.2) is 0 Å². The highest BCUT2D eigenvalue weighted by Crippen LogP contribution is 2.25. The van der Waals surface area contributed by atoms with Crippen LogP contribution in [0.5, 0.6) is 0 Å². The summed E-state index contributed by atoms with van der Waals surface area (Å²) in [6, 6.07) is 10.00. The molecule has 0 radical (unpaired) electrons. The van der Waals surface area contributed by atoms with Gasteiger partial charge < -0.3 is 4.90 Å². The Kier molecular flexibility index (Phi) is 3.99. The van der Waals surface area contributed by atoms with E-state index in [1.165, 1.54) is 25.3 Å². The molecule has 18 heavy (non-hydrogen) atoms. The molecule has 1 heterocycles. The lowest BCUT2D eigenvalue weighted by Gasteiger charge is -2.29. The van der Waals surface area contributed by atoms with Gasteiger partial charge in [-0.3, -0.25) is 0 Å². The van der Waals surface area contributed by atoms with Crippen molar-refractivity contribution in [2.75, 3.05) is 18.0 Å². The Bertz CT molecular complexity index is 526. The zero-order valence-electron chi connectivity index (χ0n) is 10.3. The Morgan fingerprint density at radius 3 is 2.56 bits per heavy atom. The molecule has 1 aromatic rings. The predicted molar refractivity (Wildman–Crippen MR) is 71.9 cm³/mol. The maximum Gasteiger partial charge on any atom is 0.101 e. The number of rotatable bonds is 2. The molecular formula is C15H15N3. The summed E-state index contributed by atoms with van der Waals surface area (Å²) in [5, 5.41) is 17.7. The summed E-state index contributed by atoms with van der Waals surface area (Å²) in [4.78, 5) is 2.28. The van der Waals surface area contributed by atoms with Gasteiger partial charge in [-0.25, -0.2) is 0 Å². The molecule has 3 nitrogen and oxygen atoms in total. The fraction of sp³-hybridized carbons (Fsp3) is 0.333. The van der Waals surface area contributed by atoms with Crippen LogP contribution >= 0.6 is 0 Å². The summed E-state index contributed by atoms with van der Waals surface area (Å²) in [7, 11) is 0. The van der Waals surface area contributed by atoms with E-state index in [9.17, 15) is 5.26 Å². The monoisotopic (exact) mass is 237 g/mol. The Labute approximate surface area is 108 Å². The number of piperidine rings is 1. The molecule has 0 atom stereocenters. The fourth-order valence-corrected chi connectivity index (χ4v) is 2.29. The van der Waals surface area contributed by atoms with E-state index in [1.807, 2.05) is 24.3 Å². The Balaban J connectivity index is 2.29. The Hall–Kier alpha value is -2.26. The van der Waals surface area contributed by atoms with Crippen molar-refractivity contribution in [3.63, 3.8) is 0 Å². The van der Waals surface area contributed by atoms with Crippen LogP contribution in [0.25, 0.3) is 6.08 Å². The quantitative estimate of drug-likeness (QED) is 0.743. The summed E-state index contributed by atoms with van der Waals surface area (Å²) in [5.41, 5.74) is 2.61. The molecule has 1 aliphatic rings. The molecule has 0 unspecified atom stereocenters. The summed E-state index contributed by atoms with van der Waals surface area (Å²) >= 11 is 0. The summed E-state index contributed by atoms with van der Waals surface area (Å²) in [6.45, 7) is 2.06. The minimum absolute atomic E-state index is 0.692. The van der Waals surface area contributed by atoms with E-state index in [4.69, 9.17) is 5.26 Å². The van der Waals surface area contributed by atoms with E-state index in [0.717, 1.165) is 24.3 Å². The van der Waals surface area contributed by atoms with Gasteiger partial charge >= 0.3 is 0 Å². The van der Waals surface area contributed by atoms with Gasteiger partial charge in [0, 0.05) is 19.2 Å². The van der Waals surface area contributed by atoms with E-state index in [0.29, 0.717) is 5.56 Å². The first-order valence-corrected chi connectivity index (χ1v) is 6.20. The molecule has 0 bridgehead atoms. The number of anilines is 1. The molecule has 0 N–H and O–H groups in total. The van der Waals surface area contributed by atoms with E-state index in [2.05, 4.69) is 11.0 Å². The van der Waals surface area contributed by atoms with Gasteiger partial charge in [-0.05, 0) is 43.0 Å². The van der Waals surface area contributed by atoms with E-state index in [-0.39, 0.29) is 0 Å². The second-order valence-corrected chi connectivity index (χ2v) is 4.40. The standard InChI is InChI=1S/C15H15N3/c16-8-4-5-13-6-7-15(14(11-13)12-17)18-9-2-1-3-10-18/h4-7,11H,1-3,9-10H2/b5-4+. The van der Waals surface area contributed by atoms with Crippen LogP contribution < -0.4 is 4.90 Å². The highest BCUT2D eigenvalue weighted by molar-refractivity contribution is 5.65. The average molecular weight is 237 g/mol. The van der Waals surface area contributed by atoms with Crippen molar-refractivity contribution in [2.24, 2.45) is 0 Å². The van der Waals surface area contributed by atoms with Crippen molar-refractivity contribution >= 4 is 11.8 Å². The van der Waals surface area contributed by atoms with Gasteiger partial charge in [0.1, 0.15) is 6.07 Å². The lowest BCUT2D eigenvalue weighted by atomic mass is 10.0. The Morgan fingerprint density at radius 2 is 1.89 bits per heavy atom. The first kappa shape index (κ1) is 12.2. The highest BCUT2D eigenvalue weighted by atomic mass is 15.1.